The number of benzene rings is 2. The zero-order valence-electron chi connectivity index (χ0n) is 17.5. The summed E-state index contributed by atoms with van der Waals surface area (Å²) in [5, 5.41) is 7.44. The zero-order chi connectivity index (χ0) is 21.8. The average Bonchev–Trinajstić information content (AvgIpc) is 3.24. The summed E-state index contributed by atoms with van der Waals surface area (Å²) in [6.45, 7) is 8.13. The van der Waals surface area contributed by atoms with Crippen LogP contribution < -0.4 is 10.1 Å². The van der Waals surface area contributed by atoms with Crippen molar-refractivity contribution in [1.29, 1.82) is 0 Å². The summed E-state index contributed by atoms with van der Waals surface area (Å²) in [5.41, 5.74) is 4.37. The van der Waals surface area contributed by atoms with Crippen molar-refractivity contribution < 1.29 is 14.3 Å². The normalized spacial score (nSPS) is 15.1. The quantitative estimate of drug-likeness (QED) is 0.460. The Morgan fingerprint density at radius 1 is 1.19 bits per heavy atom. The molecule has 0 fully saturated rings. The number of aromatic nitrogens is 3. The van der Waals surface area contributed by atoms with Gasteiger partial charge in [-0.05, 0) is 42.7 Å². The van der Waals surface area contributed by atoms with E-state index in [4.69, 9.17) is 9.47 Å². The summed E-state index contributed by atoms with van der Waals surface area (Å²) < 4.78 is 13.0. The molecule has 0 amide bonds. The Morgan fingerprint density at radius 2 is 1.97 bits per heavy atom. The van der Waals surface area contributed by atoms with E-state index in [1.807, 2.05) is 43.3 Å². The molecule has 4 rings (SSSR count). The van der Waals surface area contributed by atoms with E-state index in [9.17, 15) is 4.79 Å². The van der Waals surface area contributed by atoms with Gasteiger partial charge in [0.25, 0.3) is 0 Å². The summed E-state index contributed by atoms with van der Waals surface area (Å²) in [7, 11) is 0. The summed E-state index contributed by atoms with van der Waals surface area (Å²) in [6.07, 6.45) is 3.00. The van der Waals surface area contributed by atoms with Crippen LogP contribution in [0.4, 0.5) is 5.95 Å². The van der Waals surface area contributed by atoms with Crippen molar-refractivity contribution in [2.75, 3.05) is 11.9 Å². The Hall–Kier alpha value is -3.87. The lowest BCUT2D eigenvalue weighted by Crippen LogP contribution is -2.29. The highest BCUT2D eigenvalue weighted by Crippen LogP contribution is 2.35. The van der Waals surface area contributed by atoms with E-state index >= 15 is 0 Å². The average molecular weight is 416 g/mol. The van der Waals surface area contributed by atoms with Gasteiger partial charge in [-0.1, -0.05) is 49.1 Å². The van der Waals surface area contributed by atoms with Gasteiger partial charge in [-0.15, -0.1) is 0 Å². The molecule has 1 unspecified atom stereocenters. The number of rotatable bonds is 7. The summed E-state index contributed by atoms with van der Waals surface area (Å²) >= 11 is 0. The molecule has 3 aromatic rings. The van der Waals surface area contributed by atoms with Crippen molar-refractivity contribution in [2.24, 2.45) is 0 Å². The van der Waals surface area contributed by atoms with Gasteiger partial charge in [0.05, 0.1) is 5.57 Å². The highest BCUT2D eigenvalue weighted by atomic mass is 16.5. The number of aryl methyl sites for hydroxylation is 1. The second-order valence-corrected chi connectivity index (χ2v) is 7.27. The lowest BCUT2D eigenvalue weighted by molar-refractivity contribution is -0.138. The molecule has 7 nitrogen and oxygen atoms in total. The molecule has 0 radical (unpaired) electrons. The molecule has 7 heteroatoms. The van der Waals surface area contributed by atoms with Gasteiger partial charge in [-0.2, -0.15) is 10.1 Å². The van der Waals surface area contributed by atoms with Crippen molar-refractivity contribution in [1.82, 2.24) is 14.8 Å². The van der Waals surface area contributed by atoms with Crippen LogP contribution in [0.25, 0.3) is 0 Å². The number of hydrogen-bond donors (Lipinski definition) is 1. The lowest BCUT2D eigenvalue weighted by Gasteiger charge is -2.28. The standard InChI is InChI=1S/C24H24N4O3/c1-4-13-30-23(29)21-17(3)27-24-25-15-26-28(24)22(21)18-9-11-20(12-10-18)31-14-19-8-6-5-7-16(19)2/h4-12,15,22H,1,13-14H2,2-3H3,(H,25,26,27). The molecule has 1 N–H and O–H groups in total. The molecule has 158 valence electrons. The van der Waals surface area contributed by atoms with Crippen molar-refractivity contribution in [2.45, 2.75) is 26.5 Å². The monoisotopic (exact) mass is 416 g/mol. The van der Waals surface area contributed by atoms with Gasteiger partial charge in [0.2, 0.25) is 5.95 Å². The second kappa shape index (κ2) is 8.87. The molecule has 0 saturated heterocycles. The van der Waals surface area contributed by atoms with E-state index in [2.05, 4.69) is 41.0 Å². The molecular weight excluding hydrogens is 392 g/mol. The third kappa shape index (κ3) is 4.21. The highest BCUT2D eigenvalue weighted by molar-refractivity contribution is 5.92. The number of fused-ring (bicyclic) bond motifs is 1. The maximum atomic E-state index is 12.8. The Balaban J connectivity index is 1.59. The van der Waals surface area contributed by atoms with Crippen molar-refractivity contribution >= 4 is 11.9 Å². The minimum Gasteiger partial charge on any atom is -0.489 e. The van der Waals surface area contributed by atoms with Crippen LogP contribution in [0.1, 0.15) is 29.7 Å². The molecule has 31 heavy (non-hydrogen) atoms. The van der Waals surface area contributed by atoms with Crippen LogP contribution in [0.5, 0.6) is 5.75 Å². The summed E-state index contributed by atoms with van der Waals surface area (Å²) in [5.74, 6) is 0.898. The fourth-order valence-corrected chi connectivity index (χ4v) is 3.56. The van der Waals surface area contributed by atoms with E-state index in [1.54, 1.807) is 10.8 Å². The molecule has 1 aliphatic heterocycles. The fraction of sp³-hybridized carbons (Fsp3) is 0.208. The number of ether oxygens (including phenoxy) is 2. The number of nitrogens with one attached hydrogen (secondary N) is 1. The number of esters is 1. The first-order valence-electron chi connectivity index (χ1n) is 10.0. The Bertz CT molecular complexity index is 1130. The number of nitrogens with zero attached hydrogens (tertiary/aromatic N) is 3. The Labute approximate surface area is 181 Å². The van der Waals surface area contributed by atoms with Gasteiger partial charge in [0.1, 0.15) is 31.3 Å². The van der Waals surface area contributed by atoms with Crippen LogP contribution in [-0.2, 0) is 16.1 Å². The van der Waals surface area contributed by atoms with E-state index < -0.39 is 12.0 Å². The van der Waals surface area contributed by atoms with Crippen molar-refractivity contribution in [3.8, 4) is 5.75 Å². The van der Waals surface area contributed by atoms with E-state index in [0.29, 0.717) is 23.8 Å². The Morgan fingerprint density at radius 3 is 2.71 bits per heavy atom. The smallest absolute Gasteiger partial charge is 0.338 e. The zero-order valence-corrected chi connectivity index (χ0v) is 17.5. The first-order valence-corrected chi connectivity index (χ1v) is 10.0. The number of hydrogen-bond acceptors (Lipinski definition) is 6. The highest BCUT2D eigenvalue weighted by Gasteiger charge is 2.34. The first kappa shape index (κ1) is 20.4. The van der Waals surface area contributed by atoms with Crippen LogP contribution >= 0.6 is 0 Å². The molecule has 1 atom stereocenters. The maximum absolute atomic E-state index is 12.8. The molecule has 2 aromatic carbocycles. The van der Waals surface area contributed by atoms with Crippen LogP contribution in [0.2, 0.25) is 0 Å². The SMILES string of the molecule is C=CCOC(=O)C1=C(C)Nc2ncnn2C1c1ccc(OCc2ccccc2C)cc1. The largest absolute Gasteiger partial charge is 0.489 e. The second-order valence-electron chi connectivity index (χ2n) is 7.27. The van der Waals surface area contributed by atoms with Gasteiger partial charge in [-0.3, -0.25) is 0 Å². The molecule has 2 heterocycles. The van der Waals surface area contributed by atoms with E-state index in [-0.39, 0.29) is 6.61 Å². The number of anilines is 1. The fourth-order valence-electron chi connectivity index (χ4n) is 3.56. The van der Waals surface area contributed by atoms with Crippen LogP contribution in [0.3, 0.4) is 0 Å². The molecular formula is C24H24N4O3. The van der Waals surface area contributed by atoms with Crippen LogP contribution in [-0.4, -0.2) is 27.3 Å². The topological polar surface area (TPSA) is 78.3 Å². The van der Waals surface area contributed by atoms with E-state index in [0.717, 1.165) is 16.9 Å². The van der Waals surface area contributed by atoms with Crippen molar-refractivity contribution in [3.63, 3.8) is 0 Å². The third-order valence-corrected chi connectivity index (χ3v) is 5.20. The van der Waals surface area contributed by atoms with Gasteiger partial charge in [0.15, 0.2) is 0 Å². The third-order valence-electron chi connectivity index (χ3n) is 5.20. The maximum Gasteiger partial charge on any atom is 0.338 e. The lowest BCUT2D eigenvalue weighted by atomic mass is 9.96. The van der Waals surface area contributed by atoms with Gasteiger partial charge in [-0.25, -0.2) is 9.48 Å². The molecule has 0 aliphatic carbocycles. The van der Waals surface area contributed by atoms with Crippen molar-refractivity contribution in [3.05, 3.63) is 95.5 Å². The van der Waals surface area contributed by atoms with Crippen LogP contribution in [0, 0.1) is 6.92 Å². The molecule has 1 aliphatic rings. The van der Waals surface area contributed by atoms with Gasteiger partial charge < -0.3 is 14.8 Å². The van der Waals surface area contributed by atoms with Gasteiger partial charge in [0, 0.05) is 5.70 Å². The van der Waals surface area contributed by atoms with E-state index in [1.165, 1.54) is 11.9 Å². The molecule has 0 bridgehead atoms. The number of carbonyl (C=O) groups is 1. The molecule has 0 spiro atoms. The van der Waals surface area contributed by atoms with Crippen LogP contribution in [0.15, 0.2) is 78.8 Å². The summed E-state index contributed by atoms with van der Waals surface area (Å²) in [6, 6.07) is 15.3. The minimum absolute atomic E-state index is 0.137. The molecule has 1 aromatic heterocycles. The Kier molecular flexibility index (Phi) is 5.84. The first-order chi connectivity index (χ1) is 15.1. The summed E-state index contributed by atoms with van der Waals surface area (Å²) in [4.78, 5) is 17.0. The molecule has 0 saturated carbocycles. The number of allylic oxidation sites excluding steroid dienone is 1. The predicted molar refractivity (Wildman–Crippen MR) is 118 cm³/mol. The number of carbonyl (C=O) groups excluding carboxylic acids is 1. The predicted octanol–water partition coefficient (Wildman–Crippen LogP) is 4.18. The minimum atomic E-state index is -0.457. The van der Waals surface area contributed by atoms with Gasteiger partial charge >= 0.3 is 5.97 Å².